The molecule has 1 aromatic carbocycles. The highest BCUT2D eigenvalue weighted by Gasteiger charge is 2.40. The number of benzene rings is 1. The molecule has 4 rings (SSSR count). The van der Waals surface area contributed by atoms with Crippen LogP contribution in [0.4, 0.5) is 8.78 Å². The largest absolute Gasteiger partial charge is 0.503 e. The number of fused-ring (bicyclic) bond motifs is 4. The van der Waals surface area contributed by atoms with Crippen molar-refractivity contribution >= 4 is 11.8 Å². The van der Waals surface area contributed by atoms with Gasteiger partial charge in [0.2, 0.25) is 5.43 Å². The third-order valence-corrected chi connectivity index (χ3v) is 5.68. The summed E-state index contributed by atoms with van der Waals surface area (Å²) in [6.45, 7) is 2.00. The molecule has 2 aromatic rings. The molecule has 30 heavy (non-hydrogen) atoms. The SMILES string of the molecule is Cc1ccc(CNC(=O)c2cn3c(c(O)c2=O)C(=O)N2CCCC(F)C3C2)c(F)c1. The van der Waals surface area contributed by atoms with Gasteiger partial charge in [-0.1, -0.05) is 12.1 Å². The molecule has 0 spiro atoms. The Bertz CT molecular complexity index is 1100. The van der Waals surface area contributed by atoms with Crippen molar-refractivity contribution in [3.63, 3.8) is 0 Å². The highest BCUT2D eigenvalue weighted by molar-refractivity contribution is 5.99. The molecule has 2 N–H and O–H groups in total. The van der Waals surface area contributed by atoms with E-state index in [1.165, 1.54) is 21.6 Å². The fourth-order valence-corrected chi connectivity index (χ4v) is 4.02. The second-order valence-corrected chi connectivity index (χ2v) is 7.73. The molecule has 2 aliphatic heterocycles. The monoisotopic (exact) mass is 417 g/mol. The van der Waals surface area contributed by atoms with E-state index < -0.39 is 46.6 Å². The lowest BCUT2D eigenvalue weighted by Crippen LogP contribution is -2.46. The van der Waals surface area contributed by atoms with Crippen molar-refractivity contribution in [3.8, 4) is 5.75 Å². The van der Waals surface area contributed by atoms with Crippen LogP contribution >= 0.6 is 0 Å². The molecule has 2 aliphatic rings. The van der Waals surface area contributed by atoms with E-state index in [2.05, 4.69) is 5.32 Å². The zero-order valence-corrected chi connectivity index (χ0v) is 16.3. The molecule has 0 aliphatic carbocycles. The van der Waals surface area contributed by atoms with Crippen molar-refractivity contribution in [2.45, 2.75) is 38.5 Å². The third kappa shape index (κ3) is 3.34. The molecule has 3 heterocycles. The molecule has 2 amide bonds. The van der Waals surface area contributed by atoms with Crippen molar-refractivity contribution in [2.24, 2.45) is 0 Å². The first-order valence-electron chi connectivity index (χ1n) is 9.72. The minimum absolute atomic E-state index is 0.102. The number of hydrogen-bond acceptors (Lipinski definition) is 4. The molecule has 0 radical (unpaired) electrons. The fraction of sp³-hybridized carbons (Fsp3) is 0.381. The van der Waals surface area contributed by atoms with Crippen molar-refractivity contribution in [1.82, 2.24) is 14.8 Å². The van der Waals surface area contributed by atoms with Crippen molar-refractivity contribution in [3.05, 3.63) is 62.8 Å². The van der Waals surface area contributed by atoms with Gasteiger partial charge in [0.05, 0.1) is 6.04 Å². The quantitative estimate of drug-likeness (QED) is 0.800. The summed E-state index contributed by atoms with van der Waals surface area (Å²) >= 11 is 0. The number of carbonyl (C=O) groups is 2. The lowest BCUT2D eigenvalue weighted by atomic mass is 10.0. The number of aromatic nitrogens is 1. The zero-order valence-electron chi connectivity index (χ0n) is 16.3. The van der Waals surface area contributed by atoms with E-state index in [-0.39, 0.29) is 30.8 Å². The number of halogens is 2. The van der Waals surface area contributed by atoms with E-state index in [9.17, 15) is 28.3 Å². The first-order chi connectivity index (χ1) is 14.3. The summed E-state index contributed by atoms with van der Waals surface area (Å²) in [7, 11) is 0. The summed E-state index contributed by atoms with van der Waals surface area (Å²) in [5.74, 6) is -2.78. The van der Waals surface area contributed by atoms with Crippen LogP contribution in [0.3, 0.4) is 0 Å². The van der Waals surface area contributed by atoms with Crippen LogP contribution in [0, 0.1) is 12.7 Å². The van der Waals surface area contributed by atoms with Gasteiger partial charge in [0.15, 0.2) is 11.4 Å². The van der Waals surface area contributed by atoms with Gasteiger partial charge >= 0.3 is 0 Å². The molecule has 1 saturated heterocycles. The van der Waals surface area contributed by atoms with Gasteiger partial charge in [-0.15, -0.1) is 0 Å². The third-order valence-electron chi connectivity index (χ3n) is 5.68. The van der Waals surface area contributed by atoms with Crippen molar-refractivity contribution in [1.29, 1.82) is 0 Å². The Morgan fingerprint density at radius 1 is 1.33 bits per heavy atom. The lowest BCUT2D eigenvalue weighted by molar-refractivity contribution is 0.0645. The summed E-state index contributed by atoms with van der Waals surface area (Å²) in [6.07, 6.45) is 0.532. The van der Waals surface area contributed by atoms with Crippen LogP contribution in [0.2, 0.25) is 0 Å². The van der Waals surface area contributed by atoms with Gasteiger partial charge in [-0.05, 0) is 31.4 Å². The van der Waals surface area contributed by atoms with E-state index in [1.54, 1.807) is 13.0 Å². The number of hydrogen-bond donors (Lipinski definition) is 2. The Morgan fingerprint density at radius 3 is 2.83 bits per heavy atom. The smallest absolute Gasteiger partial charge is 0.274 e. The lowest BCUT2D eigenvalue weighted by Gasteiger charge is -2.35. The predicted molar refractivity (Wildman–Crippen MR) is 104 cm³/mol. The van der Waals surface area contributed by atoms with Gasteiger partial charge in [0, 0.05) is 31.4 Å². The van der Waals surface area contributed by atoms with Gasteiger partial charge < -0.3 is 19.9 Å². The number of nitrogens with zero attached hydrogens (tertiary/aromatic N) is 2. The van der Waals surface area contributed by atoms with Crippen LogP contribution in [0.1, 0.15) is 50.9 Å². The molecule has 2 atom stereocenters. The molecule has 2 bridgehead atoms. The summed E-state index contributed by atoms with van der Waals surface area (Å²) in [6, 6.07) is 3.74. The number of carbonyl (C=O) groups excluding carboxylic acids is 2. The Hall–Kier alpha value is -3.23. The van der Waals surface area contributed by atoms with Crippen molar-refractivity contribution in [2.75, 3.05) is 13.1 Å². The maximum absolute atomic E-state index is 14.7. The molecule has 1 aromatic heterocycles. The maximum atomic E-state index is 14.7. The molecule has 1 fully saturated rings. The highest BCUT2D eigenvalue weighted by Crippen LogP contribution is 2.33. The Balaban J connectivity index is 1.68. The summed E-state index contributed by atoms with van der Waals surface area (Å²) in [4.78, 5) is 39.3. The molecular formula is C21H21F2N3O4. The highest BCUT2D eigenvalue weighted by atomic mass is 19.1. The Labute approximate surface area is 170 Å². The Morgan fingerprint density at radius 2 is 2.10 bits per heavy atom. The number of alkyl halides is 1. The number of aryl methyl sites for hydroxylation is 1. The van der Waals surface area contributed by atoms with Crippen LogP contribution in [-0.2, 0) is 6.54 Å². The summed E-state index contributed by atoms with van der Waals surface area (Å²) in [5.41, 5.74) is -0.798. The zero-order chi connectivity index (χ0) is 21.6. The van der Waals surface area contributed by atoms with E-state index in [4.69, 9.17) is 0 Å². The average Bonchev–Trinajstić information content (AvgIpc) is 2.87. The molecule has 158 valence electrons. The second-order valence-electron chi connectivity index (χ2n) is 7.73. The number of aromatic hydroxyl groups is 1. The standard InChI is InChI=1S/C21H21F2N3O4/c1-11-4-5-12(15(23)7-11)8-24-20(29)13-9-26-16-10-25(6-2-3-14(16)22)21(30)17(26)19(28)18(13)27/h4-5,7,9,14,16,28H,2-3,6,8,10H2,1H3,(H,24,29). The predicted octanol–water partition coefficient (Wildman–Crippen LogP) is 2.06. The molecule has 0 saturated carbocycles. The minimum atomic E-state index is -1.29. The van der Waals surface area contributed by atoms with Gasteiger partial charge in [0.25, 0.3) is 11.8 Å². The van der Waals surface area contributed by atoms with Crippen LogP contribution in [0.15, 0.2) is 29.2 Å². The Kier molecular flexibility index (Phi) is 5.05. The van der Waals surface area contributed by atoms with Crippen LogP contribution in [0.25, 0.3) is 0 Å². The molecule has 9 heteroatoms. The van der Waals surface area contributed by atoms with Gasteiger partial charge in [-0.2, -0.15) is 0 Å². The van der Waals surface area contributed by atoms with Crippen LogP contribution in [0.5, 0.6) is 5.75 Å². The van der Waals surface area contributed by atoms with Crippen LogP contribution in [-0.4, -0.2) is 45.6 Å². The fourth-order valence-electron chi connectivity index (χ4n) is 4.02. The van der Waals surface area contributed by atoms with E-state index in [1.807, 2.05) is 0 Å². The molecular weight excluding hydrogens is 396 g/mol. The molecule has 2 unspecified atom stereocenters. The minimum Gasteiger partial charge on any atom is -0.503 e. The van der Waals surface area contributed by atoms with Crippen LogP contribution < -0.4 is 10.7 Å². The van der Waals surface area contributed by atoms with Crippen molar-refractivity contribution < 1.29 is 23.5 Å². The summed E-state index contributed by atoms with van der Waals surface area (Å²) < 4.78 is 29.9. The number of amides is 2. The normalized spacial score (nSPS) is 20.5. The summed E-state index contributed by atoms with van der Waals surface area (Å²) in [5, 5.41) is 12.8. The van der Waals surface area contributed by atoms with E-state index in [0.29, 0.717) is 13.0 Å². The topological polar surface area (TPSA) is 91.6 Å². The molecule has 7 nitrogen and oxygen atoms in total. The van der Waals surface area contributed by atoms with E-state index >= 15 is 0 Å². The van der Waals surface area contributed by atoms with Gasteiger partial charge in [-0.25, -0.2) is 8.78 Å². The first-order valence-corrected chi connectivity index (χ1v) is 9.72. The van der Waals surface area contributed by atoms with E-state index in [0.717, 1.165) is 11.8 Å². The number of pyridine rings is 1. The van der Waals surface area contributed by atoms with Gasteiger partial charge in [-0.3, -0.25) is 14.4 Å². The first kappa shape index (κ1) is 20.1. The number of rotatable bonds is 3. The second kappa shape index (κ2) is 7.55. The number of nitrogens with one attached hydrogen (secondary N) is 1. The average molecular weight is 417 g/mol. The van der Waals surface area contributed by atoms with Gasteiger partial charge in [0.1, 0.15) is 17.6 Å². The maximum Gasteiger partial charge on any atom is 0.274 e.